The second-order valence-electron chi connectivity index (χ2n) is 4.51. The molecule has 1 amide bonds. The number of amides is 1. The van der Waals surface area contributed by atoms with E-state index in [1.54, 1.807) is 10.9 Å². The topological polar surface area (TPSA) is 85.8 Å². The molecule has 0 aliphatic carbocycles. The maximum absolute atomic E-state index is 11.9. The van der Waals surface area contributed by atoms with Gasteiger partial charge in [0.05, 0.1) is 12.7 Å². The van der Waals surface area contributed by atoms with Crippen LogP contribution in [0.5, 0.6) is 0 Å². The van der Waals surface area contributed by atoms with Gasteiger partial charge in [0.1, 0.15) is 0 Å². The summed E-state index contributed by atoms with van der Waals surface area (Å²) in [5, 5.41) is 10.5. The van der Waals surface area contributed by atoms with E-state index in [2.05, 4.69) is 34.7 Å². The summed E-state index contributed by atoms with van der Waals surface area (Å²) in [6.07, 6.45) is 2.61. The van der Waals surface area contributed by atoms with Crippen LogP contribution in [0.1, 0.15) is 28.5 Å². The molecule has 0 unspecified atom stereocenters. The highest BCUT2D eigenvalue weighted by molar-refractivity contribution is 5.91. The third kappa shape index (κ3) is 3.64. The average molecular weight is 273 g/mol. The quantitative estimate of drug-likeness (QED) is 0.812. The first-order chi connectivity index (χ1) is 9.72. The number of nitrogens with zero attached hydrogens (tertiary/aromatic N) is 3. The molecule has 1 aromatic carbocycles. The third-order valence-corrected chi connectivity index (χ3v) is 3.01. The number of aryl methyl sites for hydroxylation is 1. The Labute approximate surface area is 118 Å². The zero-order valence-corrected chi connectivity index (χ0v) is 11.5. The standard InChI is InChI=1S/C14H19N5O/c1-2-11-3-5-12(6-4-11)9-16-14(20)13-10-19(8-7-15)18-17-13/h3-6,10H,2,7-9,15H2,1H3,(H,16,20). The van der Waals surface area contributed by atoms with Crippen LogP contribution in [-0.2, 0) is 19.5 Å². The van der Waals surface area contributed by atoms with Crippen molar-refractivity contribution in [3.8, 4) is 0 Å². The van der Waals surface area contributed by atoms with Crippen LogP contribution in [-0.4, -0.2) is 27.4 Å². The van der Waals surface area contributed by atoms with E-state index in [4.69, 9.17) is 5.73 Å². The molecule has 0 bridgehead atoms. The van der Waals surface area contributed by atoms with E-state index >= 15 is 0 Å². The molecule has 20 heavy (non-hydrogen) atoms. The molecular weight excluding hydrogens is 254 g/mol. The fourth-order valence-electron chi connectivity index (χ4n) is 1.81. The van der Waals surface area contributed by atoms with E-state index in [0.717, 1.165) is 12.0 Å². The number of carbonyl (C=O) groups excluding carboxylic acids is 1. The van der Waals surface area contributed by atoms with E-state index in [0.29, 0.717) is 25.3 Å². The van der Waals surface area contributed by atoms with Crippen molar-refractivity contribution in [1.29, 1.82) is 0 Å². The molecule has 1 heterocycles. The second kappa shape index (κ2) is 6.81. The van der Waals surface area contributed by atoms with Crippen LogP contribution in [0.3, 0.4) is 0 Å². The molecule has 0 aliphatic rings. The number of aromatic nitrogens is 3. The van der Waals surface area contributed by atoms with Crippen molar-refractivity contribution in [3.05, 3.63) is 47.3 Å². The van der Waals surface area contributed by atoms with E-state index < -0.39 is 0 Å². The van der Waals surface area contributed by atoms with Gasteiger partial charge < -0.3 is 11.1 Å². The van der Waals surface area contributed by atoms with Crippen LogP contribution >= 0.6 is 0 Å². The third-order valence-electron chi connectivity index (χ3n) is 3.01. The van der Waals surface area contributed by atoms with Crippen LogP contribution in [0.15, 0.2) is 30.5 Å². The summed E-state index contributed by atoms with van der Waals surface area (Å²) in [6.45, 7) is 3.61. The van der Waals surface area contributed by atoms with Gasteiger partial charge in [-0.25, -0.2) is 0 Å². The normalized spacial score (nSPS) is 10.5. The van der Waals surface area contributed by atoms with Gasteiger partial charge in [0.2, 0.25) is 0 Å². The molecule has 0 radical (unpaired) electrons. The molecule has 0 atom stereocenters. The SMILES string of the molecule is CCc1ccc(CNC(=O)c2cn(CCN)nn2)cc1. The average Bonchev–Trinajstić information content (AvgIpc) is 2.94. The maximum Gasteiger partial charge on any atom is 0.273 e. The van der Waals surface area contributed by atoms with Crippen LogP contribution in [0.4, 0.5) is 0 Å². The lowest BCUT2D eigenvalue weighted by molar-refractivity contribution is 0.0946. The maximum atomic E-state index is 11.9. The zero-order valence-electron chi connectivity index (χ0n) is 11.5. The number of nitrogens with one attached hydrogen (secondary N) is 1. The Morgan fingerprint density at radius 1 is 1.30 bits per heavy atom. The van der Waals surface area contributed by atoms with Crippen LogP contribution in [0.2, 0.25) is 0 Å². The lowest BCUT2D eigenvalue weighted by Gasteiger charge is -2.04. The summed E-state index contributed by atoms with van der Waals surface area (Å²) in [7, 11) is 0. The minimum Gasteiger partial charge on any atom is -0.347 e. The molecular formula is C14H19N5O. The Morgan fingerprint density at radius 2 is 2.00 bits per heavy atom. The Balaban J connectivity index is 1.90. The van der Waals surface area contributed by atoms with E-state index in [1.165, 1.54) is 5.56 Å². The highest BCUT2D eigenvalue weighted by atomic mass is 16.2. The number of carbonyl (C=O) groups is 1. The monoisotopic (exact) mass is 273 g/mol. The zero-order chi connectivity index (χ0) is 14.4. The lowest BCUT2D eigenvalue weighted by Crippen LogP contribution is -2.23. The largest absolute Gasteiger partial charge is 0.347 e. The Kier molecular flexibility index (Phi) is 4.84. The number of hydrogen-bond acceptors (Lipinski definition) is 4. The summed E-state index contributed by atoms with van der Waals surface area (Å²) in [5.74, 6) is -0.229. The second-order valence-corrected chi connectivity index (χ2v) is 4.51. The molecule has 2 aromatic rings. The number of benzene rings is 1. The molecule has 1 aromatic heterocycles. The predicted molar refractivity (Wildman–Crippen MR) is 76.1 cm³/mol. The van der Waals surface area contributed by atoms with Crippen molar-refractivity contribution in [1.82, 2.24) is 20.3 Å². The number of rotatable bonds is 6. The molecule has 0 fully saturated rings. The molecule has 3 N–H and O–H groups in total. The van der Waals surface area contributed by atoms with Gasteiger partial charge in [0.25, 0.3) is 5.91 Å². The first-order valence-electron chi connectivity index (χ1n) is 6.69. The highest BCUT2D eigenvalue weighted by Crippen LogP contribution is 2.05. The Bertz CT molecular complexity index is 561. The molecule has 0 saturated heterocycles. The van der Waals surface area contributed by atoms with Gasteiger partial charge in [-0.2, -0.15) is 0 Å². The van der Waals surface area contributed by atoms with E-state index in [9.17, 15) is 4.79 Å². The van der Waals surface area contributed by atoms with Crippen molar-refractivity contribution in [2.24, 2.45) is 5.73 Å². The molecule has 0 aliphatic heterocycles. The minimum absolute atomic E-state index is 0.229. The van der Waals surface area contributed by atoms with Gasteiger partial charge in [-0.15, -0.1) is 5.10 Å². The highest BCUT2D eigenvalue weighted by Gasteiger charge is 2.09. The van der Waals surface area contributed by atoms with Crippen molar-refractivity contribution in [3.63, 3.8) is 0 Å². The van der Waals surface area contributed by atoms with Crippen molar-refractivity contribution < 1.29 is 4.79 Å². The van der Waals surface area contributed by atoms with Crippen LogP contribution < -0.4 is 11.1 Å². The van der Waals surface area contributed by atoms with Gasteiger partial charge in [-0.05, 0) is 17.5 Å². The van der Waals surface area contributed by atoms with Gasteiger partial charge in [-0.1, -0.05) is 36.4 Å². The summed E-state index contributed by atoms with van der Waals surface area (Å²) in [4.78, 5) is 11.9. The molecule has 0 spiro atoms. The molecule has 2 rings (SSSR count). The Hall–Kier alpha value is -2.21. The first kappa shape index (κ1) is 14.2. The first-order valence-corrected chi connectivity index (χ1v) is 6.69. The van der Waals surface area contributed by atoms with Crippen LogP contribution in [0.25, 0.3) is 0 Å². The Morgan fingerprint density at radius 3 is 2.65 bits per heavy atom. The van der Waals surface area contributed by atoms with Crippen LogP contribution in [0, 0.1) is 0 Å². The molecule has 0 saturated carbocycles. The number of hydrogen-bond donors (Lipinski definition) is 2. The lowest BCUT2D eigenvalue weighted by atomic mass is 10.1. The van der Waals surface area contributed by atoms with Gasteiger partial charge >= 0.3 is 0 Å². The van der Waals surface area contributed by atoms with E-state index in [-0.39, 0.29) is 5.91 Å². The molecule has 6 nitrogen and oxygen atoms in total. The van der Waals surface area contributed by atoms with Crippen molar-refractivity contribution in [2.45, 2.75) is 26.4 Å². The molecule has 106 valence electrons. The van der Waals surface area contributed by atoms with E-state index in [1.807, 2.05) is 12.1 Å². The summed E-state index contributed by atoms with van der Waals surface area (Å²) in [5.41, 5.74) is 8.07. The van der Waals surface area contributed by atoms with Crippen molar-refractivity contribution in [2.75, 3.05) is 6.54 Å². The fraction of sp³-hybridized carbons (Fsp3) is 0.357. The summed E-state index contributed by atoms with van der Waals surface area (Å²) >= 11 is 0. The van der Waals surface area contributed by atoms with Gasteiger partial charge in [0.15, 0.2) is 5.69 Å². The molecule has 6 heteroatoms. The fourth-order valence-corrected chi connectivity index (χ4v) is 1.81. The van der Waals surface area contributed by atoms with Gasteiger partial charge in [0, 0.05) is 13.1 Å². The summed E-state index contributed by atoms with van der Waals surface area (Å²) in [6, 6.07) is 8.17. The predicted octanol–water partition coefficient (Wildman–Crippen LogP) is 0.729. The summed E-state index contributed by atoms with van der Waals surface area (Å²) < 4.78 is 1.56. The smallest absolute Gasteiger partial charge is 0.273 e. The van der Waals surface area contributed by atoms with Gasteiger partial charge in [-0.3, -0.25) is 9.48 Å². The number of nitrogens with two attached hydrogens (primary N) is 1. The minimum atomic E-state index is -0.229. The van der Waals surface area contributed by atoms with Crippen molar-refractivity contribution >= 4 is 5.91 Å².